The molecular weight excluding hydrogens is 225 g/mol. The largest absolute Gasteiger partial charge is 0.321 e. The number of rotatable bonds is 1. The van der Waals surface area contributed by atoms with Gasteiger partial charge in [0.1, 0.15) is 5.82 Å². The first kappa shape index (κ1) is 11.9. The summed E-state index contributed by atoms with van der Waals surface area (Å²) in [6, 6.07) is 4.77. The first-order chi connectivity index (χ1) is 7.32. The average Bonchev–Trinajstić information content (AvgIpc) is 2.41. The van der Waals surface area contributed by atoms with Gasteiger partial charge in [-0.3, -0.25) is 0 Å². The van der Waals surface area contributed by atoms with Gasteiger partial charge < -0.3 is 5.73 Å². The molecule has 0 aromatic heterocycles. The topological polar surface area (TPSA) is 26.0 Å². The molecular formula is C13H17ClFN. The van der Waals surface area contributed by atoms with E-state index in [2.05, 4.69) is 13.8 Å². The molecule has 1 aliphatic rings. The lowest BCUT2D eigenvalue weighted by Gasteiger charge is -2.27. The molecule has 88 valence electrons. The summed E-state index contributed by atoms with van der Waals surface area (Å²) in [5.41, 5.74) is 6.59. The van der Waals surface area contributed by atoms with Gasteiger partial charge in [0.05, 0.1) is 0 Å². The normalized spacial score (nSPS) is 28.3. The molecule has 0 aliphatic heterocycles. The van der Waals surface area contributed by atoms with Gasteiger partial charge in [-0.2, -0.15) is 0 Å². The summed E-state index contributed by atoms with van der Waals surface area (Å²) >= 11 is 5.74. The van der Waals surface area contributed by atoms with E-state index >= 15 is 0 Å². The summed E-state index contributed by atoms with van der Waals surface area (Å²) in [5.74, 6) is -0.285. The molecule has 1 saturated carbocycles. The number of halogens is 2. The van der Waals surface area contributed by atoms with Crippen LogP contribution in [0.2, 0.25) is 5.02 Å². The minimum Gasteiger partial charge on any atom is -0.321 e. The number of nitrogens with two attached hydrogens (primary N) is 1. The molecule has 2 rings (SSSR count). The molecule has 0 heterocycles. The SMILES string of the molecule is CC1(C)CCC(N)(c2ccc(Cl)cc2F)C1. The van der Waals surface area contributed by atoms with Gasteiger partial charge in [0, 0.05) is 16.1 Å². The highest BCUT2D eigenvalue weighted by molar-refractivity contribution is 6.30. The third-order valence-corrected chi connectivity index (χ3v) is 3.74. The number of hydrogen-bond acceptors (Lipinski definition) is 1. The summed E-state index contributed by atoms with van der Waals surface area (Å²) in [5, 5.41) is 0.419. The van der Waals surface area contributed by atoms with Crippen molar-refractivity contribution in [3.05, 3.63) is 34.6 Å². The van der Waals surface area contributed by atoms with Crippen LogP contribution in [0, 0.1) is 11.2 Å². The lowest BCUT2D eigenvalue weighted by Crippen LogP contribution is -2.35. The van der Waals surface area contributed by atoms with E-state index in [0.717, 1.165) is 19.3 Å². The molecule has 0 saturated heterocycles. The van der Waals surface area contributed by atoms with Gasteiger partial charge in [0.15, 0.2) is 0 Å². The Morgan fingerprint density at radius 2 is 2.00 bits per heavy atom. The summed E-state index contributed by atoms with van der Waals surface area (Å²) in [6.07, 6.45) is 2.68. The van der Waals surface area contributed by atoms with E-state index in [1.54, 1.807) is 12.1 Å². The van der Waals surface area contributed by atoms with Crippen molar-refractivity contribution in [2.45, 2.75) is 38.6 Å². The predicted octanol–water partition coefficient (Wildman–Crippen LogP) is 3.84. The van der Waals surface area contributed by atoms with Gasteiger partial charge >= 0.3 is 0 Å². The molecule has 3 heteroatoms. The first-order valence-corrected chi connectivity index (χ1v) is 5.95. The maximum Gasteiger partial charge on any atom is 0.129 e. The highest BCUT2D eigenvalue weighted by Crippen LogP contribution is 2.47. The van der Waals surface area contributed by atoms with Crippen LogP contribution in [0.4, 0.5) is 4.39 Å². The Hall–Kier alpha value is -0.600. The number of hydrogen-bond donors (Lipinski definition) is 1. The van der Waals surface area contributed by atoms with Gasteiger partial charge in [-0.1, -0.05) is 31.5 Å². The van der Waals surface area contributed by atoms with Gasteiger partial charge in [0.25, 0.3) is 0 Å². The molecule has 1 unspecified atom stereocenters. The average molecular weight is 242 g/mol. The van der Waals surface area contributed by atoms with E-state index in [1.165, 1.54) is 6.07 Å². The van der Waals surface area contributed by atoms with E-state index in [9.17, 15) is 4.39 Å². The van der Waals surface area contributed by atoms with Gasteiger partial charge in [-0.15, -0.1) is 0 Å². The Labute approximate surface area is 101 Å². The minimum absolute atomic E-state index is 0.195. The molecule has 1 nitrogen and oxygen atoms in total. The molecule has 2 N–H and O–H groups in total. The Morgan fingerprint density at radius 3 is 2.50 bits per heavy atom. The smallest absolute Gasteiger partial charge is 0.129 e. The molecule has 1 aliphatic carbocycles. The zero-order valence-electron chi connectivity index (χ0n) is 9.69. The van der Waals surface area contributed by atoms with Crippen LogP contribution in [-0.2, 0) is 5.54 Å². The zero-order chi connectivity index (χ0) is 12.0. The van der Waals surface area contributed by atoms with E-state index in [0.29, 0.717) is 10.6 Å². The van der Waals surface area contributed by atoms with Crippen molar-refractivity contribution in [1.29, 1.82) is 0 Å². The van der Waals surface area contributed by atoms with Crippen molar-refractivity contribution < 1.29 is 4.39 Å². The van der Waals surface area contributed by atoms with Crippen LogP contribution in [0.15, 0.2) is 18.2 Å². The van der Waals surface area contributed by atoms with Gasteiger partial charge in [-0.05, 0) is 36.8 Å². The lowest BCUT2D eigenvalue weighted by molar-refractivity contribution is 0.334. The predicted molar refractivity (Wildman–Crippen MR) is 64.9 cm³/mol. The third kappa shape index (κ3) is 2.09. The Morgan fingerprint density at radius 1 is 1.31 bits per heavy atom. The van der Waals surface area contributed by atoms with Crippen LogP contribution in [-0.4, -0.2) is 0 Å². The second kappa shape index (κ2) is 3.71. The maximum atomic E-state index is 13.8. The van der Waals surface area contributed by atoms with Crippen LogP contribution < -0.4 is 5.73 Å². The van der Waals surface area contributed by atoms with E-state index in [4.69, 9.17) is 17.3 Å². The van der Waals surface area contributed by atoms with E-state index < -0.39 is 5.54 Å². The molecule has 16 heavy (non-hydrogen) atoms. The summed E-state index contributed by atoms with van der Waals surface area (Å²) in [7, 11) is 0. The van der Waals surface area contributed by atoms with Crippen molar-refractivity contribution in [2.75, 3.05) is 0 Å². The third-order valence-electron chi connectivity index (χ3n) is 3.51. The Balaban J connectivity index is 2.38. The molecule has 0 amide bonds. The lowest BCUT2D eigenvalue weighted by atomic mass is 9.84. The van der Waals surface area contributed by atoms with Crippen molar-refractivity contribution in [2.24, 2.45) is 11.1 Å². The zero-order valence-corrected chi connectivity index (χ0v) is 10.4. The van der Waals surface area contributed by atoms with Gasteiger partial charge in [0.2, 0.25) is 0 Å². The van der Waals surface area contributed by atoms with Crippen LogP contribution in [0.3, 0.4) is 0 Å². The molecule has 0 spiro atoms. The molecule has 1 atom stereocenters. The van der Waals surface area contributed by atoms with Crippen LogP contribution in [0.5, 0.6) is 0 Å². The molecule has 0 radical (unpaired) electrons. The first-order valence-electron chi connectivity index (χ1n) is 5.57. The quantitative estimate of drug-likeness (QED) is 0.794. The van der Waals surface area contributed by atoms with Crippen molar-refractivity contribution in [1.82, 2.24) is 0 Å². The Bertz CT molecular complexity index is 416. The Kier molecular flexibility index (Phi) is 2.75. The minimum atomic E-state index is -0.530. The monoisotopic (exact) mass is 241 g/mol. The van der Waals surface area contributed by atoms with E-state index in [1.807, 2.05) is 0 Å². The standard InChI is InChI=1S/C13H17ClFN/c1-12(2)5-6-13(16,8-12)10-4-3-9(14)7-11(10)15/h3-4,7H,5-6,8,16H2,1-2H3. The summed E-state index contributed by atoms with van der Waals surface area (Å²) in [6.45, 7) is 4.35. The fourth-order valence-corrected chi connectivity index (χ4v) is 2.87. The molecule has 0 bridgehead atoms. The van der Waals surface area contributed by atoms with Crippen LogP contribution >= 0.6 is 11.6 Å². The maximum absolute atomic E-state index is 13.8. The second-order valence-corrected chi connectivity index (χ2v) is 6.06. The number of benzene rings is 1. The molecule has 1 aromatic rings. The van der Waals surface area contributed by atoms with Crippen LogP contribution in [0.1, 0.15) is 38.7 Å². The van der Waals surface area contributed by atoms with Crippen molar-refractivity contribution >= 4 is 11.6 Å². The fraction of sp³-hybridized carbons (Fsp3) is 0.538. The fourth-order valence-electron chi connectivity index (χ4n) is 2.72. The summed E-state index contributed by atoms with van der Waals surface area (Å²) in [4.78, 5) is 0. The van der Waals surface area contributed by atoms with E-state index in [-0.39, 0.29) is 11.2 Å². The van der Waals surface area contributed by atoms with Gasteiger partial charge in [-0.25, -0.2) is 4.39 Å². The highest BCUT2D eigenvalue weighted by Gasteiger charge is 2.42. The van der Waals surface area contributed by atoms with Crippen molar-refractivity contribution in [3.63, 3.8) is 0 Å². The second-order valence-electron chi connectivity index (χ2n) is 5.62. The highest BCUT2D eigenvalue weighted by atomic mass is 35.5. The van der Waals surface area contributed by atoms with Crippen molar-refractivity contribution in [3.8, 4) is 0 Å². The molecule has 1 aromatic carbocycles. The molecule has 1 fully saturated rings. The van der Waals surface area contributed by atoms with Crippen LogP contribution in [0.25, 0.3) is 0 Å². The summed E-state index contributed by atoms with van der Waals surface area (Å²) < 4.78 is 13.8.